The lowest BCUT2D eigenvalue weighted by Gasteiger charge is -2.29. The van der Waals surface area contributed by atoms with Crippen molar-refractivity contribution in [3.63, 3.8) is 0 Å². The molecule has 0 bridgehead atoms. The van der Waals surface area contributed by atoms with Crippen molar-refractivity contribution in [1.82, 2.24) is 4.90 Å². The van der Waals surface area contributed by atoms with Gasteiger partial charge in [-0.3, -0.25) is 4.90 Å². The molecule has 1 saturated heterocycles. The highest BCUT2D eigenvalue weighted by Crippen LogP contribution is 2.26. The van der Waals surface area contributed by atoms with Crippen LogP contribution in [0.15, 0.2) is 16.6 Å². The SMILES string of the molecule is Cc1cc(OCCN2CCC(C)CC2)cc(C)c1Br. The van der Waals surface area contributed by atoms with Crippen LogP contribution < -0.4 is 4.74 Å². The smallest absolute Gasteiger partial charge is 0.119 e. The molecule has 1 heterocycles. The Kier molecular flexibility index (Phi) is 5.28. The molecule has 0 atom stereocenters. The van der Waals surface area contributed by atoms with Gasteiger partial charge in [0.05, 0.1) is 0 Å². The zero-order chi connectivity index (χ0) is 13.8. The summed E-state index contributed by atoms with van der Waals surface area (Å²) in [6.45, 7) is 10.8. The summed E-state index contributed by atoms with van der Waals surface area (Å²) < 4.78 is 7.07. The van der Waals surface area contributed by atoms with Crippen LogP contribution in [0, 0.1) is 19.8 Å². The molecule has 0 amide bonds. The Labute approximate surface area is 125 Å². The Bertz CT molecular complexity index is 402. The lowest BCUT2D eigenvalue weighted by atomic mass is 9.99. The molecular formula is C16H24BrNO. The number of aryl methyl sites for hydroxylation is 2. The van der Waals surface area contributed by atoms with E-state index >= 15 is 0 Å². The second kappa shape index (κ2) is 6.76. The van der Waals surface area contributed by atoms with Crippen LogP contribution in [0.5, 0.6) is 5.75 Å². The molecule has 0 spiro atoms. The van der Waals surface area contributed by atoms with Gasteiger partial charge in [-0.05, 0) is 69.0 Å². The van der Waals surface area contributed by atoms with Crippen molar-refractivity contribution < 1.29 is 4.74 Å². The highest BCUT2D eigenvalue weighted by Gasteiger charge is 2.15. The normalized spacial score (nSPS) is 17.7. The van der Waals surface area contributed by atoms with Gasteiger partial charge in [-0.25, -0.2) is 0 Å². The van der Waals surface area contributed by atoms with E-state index in [4.69, 9.17) is 4.74 Å². The van der Waals surface area contributed by atoms with Crippen LogP contribution in [0.2, 0.25) is 0 Å². The molecule has 0 saturated carbocycles. The number of hydrogen-bond donors (Lipinski definition) is 0. The number of halogens is 1. The Morgan fingerprint density at radius 3 is 2.37 bits per heavy atom. The maximum atomic E-state index is 5.89. The first kappa shape index (κ1) is 14.9. The Morgan fingerprint density at radius 2 is 1.79 bits per heavy atom. The number of benzene rings is 1. The number of rotatable bonds is 4. The van der Waals surface area contributed by atoms with Crippen molar-refractivity contribution in [1.29, 1.82) is 0 Å². The maximum absolute atomic E-state index is 5.89. The zero-order valence-electron chi connectivity index (χ0n) is 12.2. The molecule has 106 valence electrons. The van der Waals surface area contributed by atoms with Gasteiger partial charge in [0.2, 0.25) is 0 Å². The summed E-state index contributed by atoms with van der Waals surface area (Å²) in [6, 6.07) is 4.21. The third kappa shape index (κ3) is 4.22. The molecule has 0 unspecified atom stereocenters. The van der Waals surface area contributed by atoms with E-state index in [1.54, 1.807) is 0 Å². The van der Waals surface area contributed by atoms with E-state index in [1.165, 1.54) is 41.5 Å². The molecule has 2 nitrogen and oxygen atoms in total. The summed E-state index contributed by atoms with van der Waals surface area (Å²) in [4.78, 5) is 2.51. The van der Waals surface area contributed by atoms with Gasteiger partial charge in [-0.15, -0.1) is 0 Å². The summed E-state index contributed by atoms with van der Waals surface area (Å²) in [7, 11) is 0. The van der Waals surface area contributed by atoms with Crippen molar-refractivity contribution in [2.24, 2.45) is 5.92 Å². The van der Waals surface area contributed by atoms with Crippen molar-refractivity contribution >= 4 is 15.9 Å². The van der Waals surface area contributed by atoms with E-state index in [-0.39, 0.29) is 0 Å². The van der Waals surface area contributed by atoms with Gasteiger partial charge in [0.15, 0.2) is 0 Å². The number of likely N-dealkylation sites (tertiary alicyclic amines) is 1. The van der Waals surface area contributed by atoms with E-state index < -0.39 is 0 Å². The molecule has 1 aromatic carbocycles. The van der Waals surface area contributed by atoms with Gasteiger partial charge in [-0.2, -0.15) is 0 Å². The summed E-state index contributed by atoms with van der Waals surface area (Å²) in [6.07, 6.45) is 2.66. The second-order valence-electron chi connectivity index (χ2n) is 5.74. The van der Waals surface area contributed by atoms with Crippen LogP contribution in [-0.2, 0) is 0 Å². The Balaban J connectivity index is 1.79. The van der Waals surface area contributed by atoms with Crippen LogP contribution >= 0.6 is 15.9 Å². The predicted molar refractivity (Wildman–Crippen MR) is 83.9 cm³/mol. The van der Waals surface area contributed by atoms with Crippen molar-refractivity contribution in [2.75, 3.05) is 26.2 Å². The molecule has 0 radical (unpaired) electrons. The quantitative estimate of drug-likeness (QED) is 0.823. The first-order valence-corrected chi connectivity index (χ1v) is 7.97. The molecule has 1 aliphatic heterocycles. The third-order valence-electron chi connectivity index (χ3n) is 3.96. The molecular weight excluding hydrogens is 302 g/mol. The fraction of sp³-hybridized carbons (Fsp3) is 0.625. The third-order valence-corrected chi connectivity index (χ3v) is 5.21. The molecule has 19 heavy (non-hydrogen) atoms. The van der Waals surface area contributed by atoms with Gasteiger partial charge >= 0.3 is 0 Å². The van der Waals surface area contributed by atoms with Crippen LogP contribution in [0.4, 0.5) is 0 Å². The van der Waals surface area contributed by atoms with E-state index in [1.807, 2.05) is 0 Å². The minimum atomic E-state index is 0.787. The highest BCUT2D eigenvalue weighted by molar-refractivity contribution is 9.10. The fourth-order valence-corrected chi connectivity index (χ4v) is 2.80. The molecule has 1 aliphatic rings. The Hall–Kier alpha value is -0.540. The predicted octanol–water partition coefficient (Wildman–Crippen LogP) is 4.18. The van der Waals surface area contributed by atoms with Gasteiger partial charge in [0.1, 0.15) is 12.4 Å². The summed E-state index contributed by atoms with van der Waals surface area (Å²) >= 11 is 3.59. The van der Waals surface area contributed by atoms with E-state index in [0.717, 1.165) is 24.8 Å². The monoisotopic (exact) mass is 325 g/mol. The van der Waals surface area contributed by atoms with Gasteiger partial charge in [-0.1, -0.05) is 22.9 Å². The second-order valence-corrected chi connectivity index (χ2v) is 6.54. The topological polar surface area (TPSA) is 12.5 Å². The molecule has 0 aliphatic carbocycles. The van der Waals surface area contributed by atoms with Crippen LogP contribution in [-0.4, -0.2) is 31.1 Å². The largest absolute Gasteiger partial charge is 0.492 e. The zero-order valence-corrected chi connectivity index (χ0v) is 13.8. The van der Waals surface area contributed by atoms with Gasteiger partial charge < -0.3 is 4.74 Å². The standard InChI is InChI=1S/C16H24BrNO/c1-12-4-6-18(7-5-12)8-9-19-15-10-13(2)16(17)14(3)11-15/h10-12H,4-9H2,1-3H3. The Morgan fingerprint density at radius 1 is 1.21 bits per heavy atom. The number of ether oxygens (including phenoxy) is 1. The molecule has 3 heteroatoms. The fourth-order valence-electron chi connectivity index (χ4n) is 2.57. The van der Waals surface area contributed by atoms with Crippen LogP contribution in [0.3, 0.4) is 0 Å². The average molecular weight is 326 g/mol. The van der Waals surface area contributed by atoms with Gasteiger partial charge in [0.25, 0.3) is 0 Å². The van der Waals surface area contributed by atoms with E-state index in [2.05, 4.69) is 53.7 Å². The average Bonchev–Trinajstić information content (AvgIpc) is 2.38. The highest BCUT2D eigenvalue weighted by atomic mass is 79.9. The van der Waals surface area contributed by atoms with Crippen molar-refractivity contribution in [3.05, 3.63) is 27.7 Å². The van der Waals surface area contributed by atoms with Crippen molar-refractivity contribution in [2.45, 2.75) is 33.6 Å². The summed E-state index contributed by atoms with van der Waals surface area (Å²) in [5, 5.41) is 0. The van der Waals surface area contributed by atoms with Crippen LogP contribution in [0.1, 0.15) is 30.9 Å². The minimum absolute atomic E-state index is 0.787. The van der Waals surface area contributed by atoms with E-state index in [9.17, 15) is 0 Å². The molecule has 0 N–H and O–H groups in total. The molecule has 2 rings (SSSR count). The lowest BCUT2D eigenvalue weighted by Crippen LogP contribution is -2.35. The summed E-state index contributed by atoms with van der Waals surface area (Å²) in [5.74, 6) is 1.89. The van der Waals surface area contributed by atoms with Crippen molar-refractivity contribution in [3.8, 4) is 5.75 Å². The first-order valence-electron chi connectivity index (χ1n) is 7.18. The number of nitrogens with zero attached hydrogens (tertiary/aromatic N) is 1. The van der Waals surface area contributed by atoms with Gasteiger partial charge in [0, 0.05) is 11.0 Å². The number of hydrogen-bond acceptors (Lipinski definition) is 2. The molecule has 0 aromatic heterocycles. The summed E-state index contributed by atoms with van der Waals surface area (Å²) in [5.41, 5.74) is 2.48. The van der Waals surface area contributed by atoms with Crippen LogP contribution in [0.25, 0.3) is 0 Å². The number of piperidine rings is 1. The van der Waals surface area contributed by atoms with E-state index in [0.29, 0.717) is 0 Å². The first-order chi connectivity index (χ1) is 9.06. The lowest BCUT2D eigenvalue weighted by molar-refractivity contribution is 0.160. The molecule has 1 fully saturated rings. The molecule has 1 aromatic rings. The minimum Gasteiger partial charge on any atom is -0.492 e. The maximum Gasteiger partial charge on any atom is 0.119 e.